The van der Waals surface area contributed by atoms with Crippen LogP contribution < -0.4 is 0 Å². The van der Waals surface area contributed by atoms with Gasteiger partial charge in [0.05, 0.1) is 0 Å². The third-order valence-corrected chi connectivity index (χ3v) is 5.65. The molecule has 2 saturated heterocycles. The number of pyridine rings is 1. The first-order chi connectivity index (χ1) is 12.7. The summed E-state index contributed by atoms with van der Waals surface area (Å²) in [4.78, 5) is 36.2. The molecule has 2 aromatic rings. The minimum atomic E-state index is 0.0153. The molecular formula is C20H24N4O2. The SMILES string of the molecule is O=C1CCC2(CCCN(C(=O)c3ccc[nH]3)C2)CN1Cc1ccncc1. The van der Waals surface area contributed by atoms with Crippen LogP contribution in [0.5, 0.6) is 0 Å². The second-order valence-corrected chi connectivity index (χ2v) is 7.52. The number of hydrogen-bond acceptors (Lipinski definition) is 3. The number of rotatable bonds is 3. The van der Waals surface area contributed by atoms with Crippen molar-refractivity contribution >= 4 is 11.8 Å². The molecule has 6 heteroatoms. The number of amides is 2. The van der Waals surface area contributed by atoms with Gasteiger partial charge < -0.3 is 14.8 Å². The van der Waals surface area contributed by atoms with Crippen LogP contribution in [0.4, 0.5) is 0 Å². The van der Waals surface area contributed by atoms with E-state index in [-0.39, 0.29) is 17.2 Å². The maximum Gasteiger partial charge on any atom is 0.270 e. The van der Waals surface area contributed by atoms with Gasteiger partial charge in [0.25, 0.3) is 5.91 Å². The van der Waals surface area contributed by atoms with Crippen molar-refractivity contribution in [3.8, 4) is 0 Å². The van der Waals surface area contributed by atoms with Crippen molar-refractivity contribution in [2.24, 2.45) is 5.41 Å². The molecule has 2 fully saturated rings. The van der Waals surface area contributed by atoms with E-state index in [2.05, 4.69) is 9.97 Å². The molecule has 2 amide bonds. The fourth-order valence-corrected chi connectivity index (χ4v) is 4.30. The van der Waals surface area contributed by atoms with Gasteiger partial charge in [0, 0.05) is 56.6 Å². The molecule has 0 aromatic carbocycles. The summed E-state index contributed by atoms with van der Waals surface area (Å²) in [6.45, 7) is 2.86. The fourth-order valence-electron chi connectivity index (χ4n) is 4.30. The van der Waals surface area contributed by atoms with E-state index in [1.807, 2.05) is 34.1 Å². The van der Waals surface area contributed by atoms with Crippen LogP contribution >= 0.6 is 0 Å². The van der Waals surface area contributed by atoms with E-state index in [0.717, 1.165) is 44.5 Å². The zero-order valence-corrected chi connectivity index (χ0v) is 14.9. The summed E-state index contributed by atoms with van der Waals surface area (Å²) in [5, 5.41) is 0. The van der Waals surface area contributed by atoms with Gasteiger partial charge in [-0.15, -0.1) is 0 Å². The van der Waals surface area contributed by atoms with Crippen LogP contribution in [0, 0.1) is 5.41 Å². The van der Waals surface area contributed by atoms with Crippen molar-refractivity contribution in [2.45, 2.75) is 32.2 Å². The summed E-state index contributed by atoms with van der Waals surface area (Å²) < 4.78 is 0. The first-order valence-electron chi connectivity index (χ1n) is 9.25. The number of likely N-dealkylation sites (tertiary alicyclic amines) is 2. The largest absolute Gasteiger partial charge is 0.357 e. The highest BCUT2D eigenvalue weighted by Crippen LogP contribution is 2.39. The van der Waals surface area contributed by atoms with Crippen molar-refractivity contribution in [2.75, 3.05) is 19.6 Å². The lowest BCUT2D eigenvalue weighted by atomic mass is 9.73. The third kappa shape index (κ3) is 3.36. The molecule has 1 unspecified atom stereocenters. The van der Waals surface area contributed by atoms with Crippen molar-refractivity contribution in [3.05, 3.63) is 54.1 Å². The molecule has 2 aromatic heterocycles. The molecule has 2 aliphatic heterocycles. The minimum Gasteiger partial charge on any atom is -0.357 e. The second kappa shape index (κ2) is 6.94. The number of hydrogen-bond donors (Lipinski definition) is 1. The molecule has 1 N–H and O–H groups in total. The number of nitrogens with one attached hydrogen (secondary N) is 1. The van der Waals surface area contributed by atoms with E-state index in [4.69, 9.17) is 0 Å². The van der Waals surface area contributed by atoms with Gasteiger partial charge in [0.2, 0.25) is 5.91 Å². The predicted molar refractivity (Wildman–Crippen MR) is 97.3 cm³/mol. The summed E-state index contributed by atoms with van der Waals surface area (Å²) >= 11 is 0. The van der Waals surface area contributed by atoms with Crippen LogP contribution in [0.1, 0.15) is 41.7 Å². The highest BCUT2D eigenvalue weighted by molar-refractivity contribution is 5.92. The van der Waals surface area contributed by atoms with Crippen molar-refractivity contribution in [3.63, 3.8) is 0 Å². The first kappa shape index (κ1) is 16.8. The average Bonchev–Trinajstić information content (AvgIpc) is 3.20. The van der Waals surface area contributed by atoms with Gasteiger partial charge in [0.1, 0.15) is 5.69 Å². The molecule has 0 saturated carbocycles. The highest BCUT2D eigenvalue weighted by Gasteiger charge is 2.42. The summed E-state index contributed by atoms with van der Waals surface area (Å²) in [7, 11) is 0. The van der Waals surface area contributed by atoms with Crippen LogP contribution in [-0.2, 0) is 11.3 Å². The summed E-state index contributed by atoms with van der Waals surface area (Å²) in [6.07, 6.45) is 8.80. The highest BCUT2D eigenvalue weighted by atomic mass is 16.2. The lowest BCUT2D eigenvalue weighted by molar-refractivity contribution is -0.139. The van der Waals surface area contributed by atoms with E-state index >= 15 is 0 Å². The quantitative estimate of drug-likeness (QED) is 0.922. The maximum atomic E-state index is 12.7. The smallest absolute Gasteiger partial charge is 0.270 e. The van der Waals surface area contributed by atoms with E-state index in [0.29, 0.717) is 18.7 Å². The molecule has 0 bridgehead atoms. The number of aromatic amines is 1. The van der Waals surface area contributed by atoms with Gasteiger partial charge in [-0.05, 0) is 49.1 Å². The number of piperidine rings is 2. The Hall–Kier alpha value is -2.63. The second-order valence-electron chi connectivity index (χ2n) is 7.52. The van der Waals surface area contributed by atoms with Gasteiger partial charge in [0.15, 0.2) is 0 Å². The van der Waals surface area contributed by atoms with Crippen molar-refractivity contribution in [1.29, 1.82) is 0 Å². The Bertz CT molecular complexity index is 774. The van der Waals surface area contributed by atoms with E-state index in [1.54, 1.807) is 18.6 Å². The molecule has 0 radical (unpaired) electrons. The number of carbonyl (C=O) groups is 2. The van der Waals surface area contributed by atoms with Gasteiger partial charge in [-0.25, -0.2) is 0 Å². The van der Waals surface area contributed by atoms with Gasteiger partial charge in [-0.1, -0.05) is 0 Å². The van der Waals surface area contributed by atoms with Gasteiger partial charge in [-0.3, -0.25) is 14.6 Å². The van der Waals surface area contributed by atoms with Crippen molar-refractivity contribution in [1.82, 2.24) is 19.8 Å². The van der Waals surface area contributed by atoms with Gasteiger partial charge in [-0.2, -0.15) is 0 Å². The third-order valence-electron chi connectivity index (χ3n) is 5.65. The Morgan fingerprint density at radius 2 is 2.04 bits per heavy atom. The molecule has 0 aliphatic carbocycles. The number of carbonyl (C=O) groups excluding carboxylic acids is 2. The summed E-state index contributed by atoms with van der Waals surface area (Å²) in [5.41, 5.74) is 1.75. The van der Waals surface area contributed by atoms with E-state index < -0.39 is 0 Å². The molecule has 26 heavy (non-hydrogen) atoms. The molecule has 1 spiro atoms. The van der Waals surface area contributed by atoms with Crippen molar-refractivity contribution < 1.29 is 9.59 Å². The molecule has 4 heterocycles. The van der Waals surface area contributed by atoms with Crippen LogP contribution in [0.15, 0.2) is 42.9 Å². The summed E-state index contributed by atoms with van der Waals surface area (Å²) in [5.74, 6) is 0.270. The Kier molecular flexibility index (Phi) is 4.49. The Labute approximate surface area is 153 Å². The first-order valence-corrected chi connectivity index (χ1v) is 9.25. The Balaban J connectivity index is 1.48. The molecule has 1 atom stereocenters. The lowest BCUT2D eigenvalue weighted by Gasteiger charge is -2.48. The monoisotopic (exact) mass is 352 g/mol. The zero-order chi connectivity index (χ0) is 18.0. The number of H-pyrrole nitrogens is 1. The van der Waals surface area contributed by atoms with Crippen LogP contribution in [0.2, 0.25) is 0 Å². The van der Waals surface area contributed by atoms with Crippen LogP contribution in [0.25, 0.3) is 0 Å². The molecular weight excluding hydrogens is 328 g/mol. The minimum absolute atomic E-state index is 0.0153. The molecule has 136 valence electrons. The Morgan fingerprint density at radius 1 is 1.19 bits per heavy atom. The maximum absolute atomic E-state index is 12.7. The Morgan fingerprint density at radius 3 is 2.81 bits per heavy atom. The van der Waals surface area contributed by atoms with E-state index in [9.17, 15) is 9.59 Å². The lowest BCUT2D eigenvalue weighted by Crippen LogP contribution is -2.54. The summed E-state index contributed by atoms with van der Waals surface area (Å²) in [6, 6.07) is 7.58. The normalized spacial score (nSPS) is 23.5. The predicted octanol–water partition coefficient (Wildman–Crippen LogP) is 2.45. The molecule has 4 rings (SSSR count). The van der Waals surface area contributed by atoms with Gasteiger partial charge >= 0.3 is 0 Å². The zero-order valence-electron chi connectivity index (χ0n) is 14.9. The average molecular weight is 352 g/mol. The van der Waals surface area contributed by atoms with E-state index in [1.165, 1.54) is 0 Å². The molecule has 2 aliphatic rings. The topological polar surface area (TPSA) is 69.3 Å². The fraction of sp³-hybridized carbons (Fsp3) is 0.450. The number of nitrogens with zero attached hydrogens (tertiary/aromatic N) is 3. The molecule has 6 nitrogen and oxygen atoms in total. The number of aromatic nitrogens is 2. The van der Waals surface area contributed by atoms with Crippen LogP contribution in [-0.4, -0.2) is 51.2 Å². The van der Waals surface area contributed by atoms with Crippen LogP contribution in [0.3, 0.4) is 0 Å². The standard InChI is InChI=1S/C20H24N4O2/c25-18-4-8-20(15-24(18)13-16-5-10-21-11-6-16)7-2-12-23(14-20)19(26)17-3-1-9-22-17/h1,3,5-6,9-11,22H,2,4,7-8,12-15H2.